The number of hydrogen-bond acceptors (Lipinski definition) is 2. The Labute approximate surface area is 119 Å². The van der Waals surface area contributed by atoms with Gasteiger partial charge in [0.05, 0.1) is 12.2 Å². The summed E-state index contributed by atoms with van der Waals surface area (Å²) in [5.41, 5.74) is 4.05. The molecule has 0 radical (unpaired) electrons. The summed E-state index contributed by atoms with van der Waals surface area (Å²) in [5, 5.41) is 0. The lowest BCUT2D eigenvalue weighted by Crippen LogP contribution is -2.00. The van der Waals surface area contributed by atoms with Crippen LogP contribution in [0.15, 0.2) is 42.5 Å². The normalized spacial score (nSPS) is 14.1. The summed E-state index contributed by atoms with van der Waals surface area (Å²) in [6.45, 7) is 2.50. The first-order chi connectivity index (χ1) is 9.83. The van der Waals surface area contributed by atoms with E-state index in [0.29, 0.717) is 23.8 Å². The first-order valence-corrected chi connectivity index (χ1v) is 7.14. The van der Waals surface area contributed by atoms with E-state index in [1.807, 2.05) is 31.2 Å². The van der Waals surface area contributed by atoms with Crippen molar-refractivity contribution in [2.75, 3.05) is 6.61 Å². The van der Waals surface area contributed by atoms with Crippen molar-refractivity contribution in [3.8, 4) is 16.9 Å². The predicted molar refractivity (Wildman–Crippen MR) is 80.4 cm³/mol. The van der Waals surface area contributed by atoms with Gasteiger partial charge in [-0.1, -0.05) is 30.3 Å². The highest BCUT2D eigenvalue weighted by molar-refractivity contribution is 5.87. The number of carbonyl (C=O) groups is 1. The van der Waals surface area contributed by atoms with Crippen molar-refractivity contribution in [1.82, 2.24) is 0 Å². The third kappa shape index (κ3) is 2.46. The Bertz CT molecular complexity index is 613. The molecule has 0 aliphatic heterocycles. The first-order valence-electron chi connectivity index (χ1n) is 7.14. The van der Waals surface area contributed by atoms with Crippen LogP contribution in [0.1, 0.15) is 41.6 Å². The number of hydrogen-bond donors (Lipinski definition) is 0. The third-order valence-corrected chi connectivity index (χ3v) is 3.69. The maximum absolute atomic E-state index is 11.4. The molecule has 0 amide bonds. The van der Waals surface area contributed by atoms with Gasteiger partial charge in [0.2, 0.25) is 0 Å². The van der Waals surface area contributed by atoms with Gasteiger partial charge in [0.1, 0.15) is 5.75 Å². The highest BCUT2D eigenvalue weighted by atomic mass is 16.5. The maximum atomic E-state index is 11.4. The van der Waals surface area contributed by atoms with E-state index in [0.717, 1.165) is 17.4 Å². The minimum atomic E-state index is 0.559. The van der Waals surface area contributed by atoms with Crippen LogP contribution in [0.3, 0.4) is 0 Å². The quantitative estimate of drug-likeness (QED) is 0.748. The molecule has 2 heteroatoms. The SMILES string of the molecule is CCOc1c(C=O)cc(C2CC2)cc1-c1ccccc1. The van der Waals surface area contributed by atoms with E-state index in [9.17, 15) is 4.79 Å². The first kappa shape index (κ1) is 12.9. The van der Waals surface area contributed by atoms with E-state index in [2.05, 4.69) is 18.2 Å². The molecule has 0 atom stereocenters. The van der Waals surface area contributed by atoms with Crippen molar-refractivity contribution in [2.45, 2.75) is 25.7 Å². The molecule has 0 heterocycles. The van der Waals surface area contributed by atoms with Gasteiger partial charge in [-0.15, -0.1) is 0 Å². The lowest BCUT2D eigenvalue weighted by molar-refractivity contribution is 0.112. The van der Waals surface area contributed by atoms with E-state index in [-0.39, 0.29) is 0 Å². The Kier molecular flexibility index (Phi) is 3.55. The molecule has 0 spiro atoms. The number of rotatable bonds is 5. The highest BCUT2D eigenvalue weighted by Gasteiger charge is 2.26. The number of aldehydes is 1. The lowest BCUT2D eigenvalue weighted by Gasteiger charge is -2.15. The van der Waals surface area contributed by atoms with Crippen LogP contribution in [0.25, 0.3) is 11.1 Å². The van der Waals surface area contributed by atoms with Crippen LogP contribution in [-0.4, -0.2) is 12.9 Å². The molecule has 0 bridgehead atoms. The van der Waals surface area contributed by atoms with Gasteiger partial charge in [0.25, 0.3) is 0 Å². The largest absolute Gasteiger partial charge is 0.492 e. The Morgan fingerprint density at radius 1 is 1.20 bits per heavy atom. The molecule has 0 aromatic heterocycles. The van der Waals surface area contributed by atoms with E-state index in [4.69, 9.17) is 4.74 Å². The monoisotopic (exact) mass is 266 g/mol. The van der Waals surface area contributed by atoms with Gasteiger partial charge in [-0.25, -0.2) is 0 Å². The highest BCUT2D eigenvalue weighted by Crippen LogP contribution is 2.44. The van der Waals surface area contributed by atoms with Crippen molar-refractivity contribution >= 4 is 6.29 Å². The Morgan fingerprint density at radius 3 is 2.55 bits per heavy atom. The molecule has 0 N–H and O–H groups in total. The minimum Gasteiger partial charge on any atom is -0.492 e. The fourth-order valence-electron chi connectivity index (χ4n) is 2.55. The second kappa shape index (κ2) is 5.49. The summed E-state index contributed by atoms with van der Waals surface area (Å²) in [6, 6.07) is 14.3. The van der Waals surface area contributed by atoms with E-state index < -0.39 is 0 Å². The summed E-state index contributed by atoms with van der Waals surface area (Å²) >= 11 is 0. The molecule has 102 valence electrons. The topological polar surface area (TPSA) is 26.3 Å². The minimum absolute atomic E-state index is 0.559. The molecule has 1 saturated carbocycles. The number of benzene rings is 2. The molecular weight excluding hydrogens is 248 g/mol. The number of ether oxygens (including phenoxy) is 1. The van der Waals surface area contributed by atoms with Crippen LogP contribution < -0.4 is 4.74 Å². The van der Waals surface area contributed by atoms with Crippen molar-refractivity contribution in [1.29, 1.82) is 0 Å². The van der Waals surface area contributed by atoms with Gasteiger partial charge in [-0.05, 0) is 48.9 Å². The summed E-state index contributed by atoms with van der Waals surface area (Å²) < 4.78 is 5.74. The van der Waals surface area contributed by atoms with Gasteiger partial charge in [-0.2, -0.15) is 0 Å². The second-order valence-corrected chi connectivity index (χ2v) is 5.18. The molecule has 1 aliphatic carbocycles. The Balaban J connectivity index is 2.17. The standard InChI is InChI=1S/C18H18O2/c1-2-20-18-16(12-19)10-15(13-8-9-13)11-17(18)14-6-4-3-5-7-14/h3-7,10-13H,2,8-9H2,1H3. The van der Waals surface area contributed by atoms with Crippen molar-refractivity contribution in [2.24, 2.45) is 0 Å². The van der Waals surface area contributed by atoms with Crippen LogP contribution in [-0.2, 0) is 0 Å². The molecule has 20 heavy (non-hydrogen) atoms. The number of carbonyl (C=O) groups excluding carboxylic acids is 1. The smallest absolute Gasteiger partial charge is 0.153 e. The zero-order chi connectivity index (χ0) is 13.9. The zero-order valence-corrected chi connectivity index (χ0v) is 11.6. The van der Waals surface area contributed by atoms with Crippen molar-refractivity contribution in [3.63, 3.8) is 0 Å². The van der Waals surface area contributed by atoms with Gasteiger partial charge >= 0.3 is 0 Å². The van der Waals surface area contributed by atoms with Crippen LogP contribution >= 0.6 is 0 Å². The average Bonchev–Trinajstić information content (AvgIpc) is 3.33. The molecule has 2 aromatic rings. The average molecular weight is 266 g/mol. The van der Waals surface area contributed by atoms with E-state index in [1.54, 1.807) is 0 Å². The van der Waals surface area contributed by atoms with Crippen LogP contribution in [0, 0.1) is 0 Å². The summed E-state index contributed by atoms with van der Waals surface area (Å²) in [5.74, 6) is 1.32. The van der Waals surface area contributed by atoms with Crippen LogP contribution in [0.2, 0.25) is 0 Å². The molecule has 1 aliphatic rings. The van der Waals surface area contributed by atoms with Gasteiger partial charge in [0, 0.05) is 5.56 Å². The Hall–Kier alpha value is -2.09. The summed E-state index contributed by atoms with van der Waals surface area (Å²) in [4.78, 5) is 11.4. The molecule has 2 aromatic carbocycles. The van der Waals surface area contributed by atoms with E-state index in [1.165, 1.54) is 18.4 Å². The fraction of sp³-hybridized carbons (Fsp3) is 0.278. The maximum Gasteiger partial charge on any atom is 0.153 e. The van der Waals surface area contributed by atoms with E-state index >= 15 is 0 Å². The van der Waals surface area contributed by atoms with Gasteiger partial charge in [-0.3, -0.25) is 4.79 Å². The van der Waals surface area contributed by atoms with Gasteiger partial charge in [0.15, 0.2) is 6.29 Å². The predicted octanol–water partition coefficient (Wildman–Crippen LogP) is 4.44. The molecule has 0 unspecified atom stereocenters. The molecule has 1 fully saturated rings. The van der Waals surface area contributed by atoms with Gasteiger partial charge < -0.3 is 4.74 Å². The van der Waals surface area contributed by atoms with Crippen LogP contribution in [0.5, 0.6) is 5.75 Å². The van der Waals surface area contributed by atoms with Crippen molar-refractivity contribution < 1.29 is 9.53 Å². The lowest BCUT2D eigenvalue weighted by atomic mass is 9.96. The van der Waals surface area contributed by atoms with Crippen LogP contribution in [0.4, 0.5) is 0 Å². The second-order valence-electron chi connectivity index (χ2n) is 5.18. The third-order valence-electron chi connectivity index (χ3n) is 3.69. The Morgan fingerprint density at radius 2 is 1.95 bits per heavy atom. The zero-order valence-electron chi connectivity index (χ0n) is 11.6. The van der Waals surface area contributed by atoms with Crippen molar-refractivity contribution in [3.05, 3.63) is 53.6 Å². The fourth-order valence-corrected chi connectivity index (χ4v) is 2.55. The molecular formula is C18H18O2. The molecule has 2 nitrogen and oxygen atoms in total. The molecule has 0 saturated heterocycles. The summed E-state index contributed by atoms with van der Waals surface area (Å²) in [6.07, 6.45) is 3.35. The summed E-state index contributed by atoms with van der Waals surface area (Å²) in [7, 11) is 0. The molecule has 3 rings (SSSR count).